The van der Waals surface area contributed by atoms with Crippen molar-refractivity contribution in [3.63, 3.8) is 0 Å². The highest BCUT2D eigenvalue weighted by Crippen LogP contribution is 2.34. The van der Waals surface area contributed by atoms with Crippen LogP contribution in [0.15, 0.2) is 66.1 Å². The van der Waals surface area contributed by atoms with Crippen LogP contribution >= 0.6 is 11.8 Å². The number of pyridine rings is 2. The number of hydrogen-bond donors (Lipinski definition) is 2. The van der Waals surface area contributed by atoms with Crippen LogP contribution in [0.4, 0.5) is 5.69 Å². The van der Waals surface area contributed by atoms with Crippen LogP contribution < -0.4 is 10.6 Å². The van der Waals surface area contributed by atoms with E-state index in [-0.39, 0.29) is 23.6 Å². The van der Waals surface area contributed by atoms with Gasteiger partial charge in [-0.2, -0.15) is 0 Å². The summed E-state index contributed by atoms with van der Waals surface area (Å²) < 4.78 is 0. The summed E-state index contributed by atoms with van der Waals surface area (Å²) in [6.07, 6.45) is 5.05. The molecule has 7 heteroatoms. The summed E-state index contributed by atoms with van der Waals surface area (Å²) in [5, 5.41) is 6.53. The molecular weight excluding hydrogens is 396 g/mol. The monoisotopic (exact) mass is 420 g/mol. The van der Waals surface area contributed by atoms with E-state index in [9.17, 15) is 9.59 Å². The van der Waals surface area contributed by atoms with Crippen LogP contribution in [0.1, 0.15) is 39.3 Å². The number of ketones is 1. The van der Waals surface area contributed by atoms with Gasteiger partial charge in [0.25, 0.3) is 5.91 Å². The van der Waals surface area contributed by atoms with Gasteiger partial charge in [-0.15, -0.1) is 0 Å². The molecule has 30 heavy (non-hydrogen) atoms. The van der Waals surface area contributed by atoms with Gasteiger partial charge in [-0.05, 0) is 73.9 Å². The Labute approximate surface area is 180 Å². The Kier molecular flexibility index (Phi) is 7.32. The second-order valence-corrected chi connectivity index (χ2v) is 8.14. The Bertz CT molecular complexity index is 1020. The molecule has 2 N–H and O–H groups in total. The largest absolute Gasteiger partial charge is 0.322 e. The Morgan fingerprint density at radius 1 is 1.03 bits per heavy atom. The highest BCUT2D eigenvalue weighted by atomic mass is 32.2. The van der Waals surface area contributed by atoms with Gasteiger partial charge < -0.3 is 5.32 Å². The van der Waals surface area contributed by atoms with E-state index in [0.29, 0.717) is 10.6 Å². The fourth-order valence-electron chi connectivity index (χ4n) is 3.02. The molecule has 0 fully saturated rings. The van der Waals surface area contributed by atoms with E-state index < -0.39 is 0 Å². The Morgan fingerprint density at radius 3 is 2.40 bits per heavy atom. The van der Waals surface area contributed by atoms with Gasteiger partial charge in [-0.1, -0.05) is 17.8 Å². The van der Waals surface area contributed by atoms with Gasteiger partial charge in [-0.25, -0.2) is 4.98 Å². The van der Waals surface area contributed by atoms with Gasteiger partial charge in [0.05, 0.1) is 17.5 Å². The normalized spacial score (nSPS) is 11.7. The third kappa shape index (κ3) is 5.98. The highest BCUT2D eigenvalue weighted by Gasteiger charge is 2.19. The molecule has 6 nitrogen and oxygen atoms in total. The lowest BCUT2D eigenvalue weighted by Crippen LogP contribution is -2.25. The van der Waals surface area contributed by atoms with Crippen molar-refractivity contribution < 1.29 is 9.59 Å². The van der Waals surface area contributed by atoms with E-state index in [2.05, 4.69) is 26.7 Å². The predicted molar refractivity (Wildman–Crippen MR) is 120 cm³/mol. The zero-order valence-corrected chi connectivity index (χ0v) is 18.0. The number of thioether (sulfide) groups is 1. The number of aromatic nitrogens is 2. The summed E-state index contributed by atoms with van der Waals surface area (Å²) in [6, 6.07) is 13.2. The average Bonchev–Trinajstić information content (AvgIpc) is 2.71. The molecule has 0 saturated heterocycles. The van der Waals surface area contributed by atoms with Crippen molar-refractivity contribution in [2.24, 2.45) is 0 Å². The summed E-state index contributed by atoms with van der Waals surface area (Å²) in [5.74, 6) is -0.195. The van der Waals surface area contributed by atoms with Gasteiger partial charge in [0, 0.05) is 24.3 Å². The molecule has 3 rings (SSSR count). The first-order chi connectivity index (χ1) is 14.4. The van der Waals surface area contributed by atoms with Crippen molar-refractivity contribution in [1.29, 1.82) is 0 Å². The van der Waals surface area contributed by atoms with E-state index in [1.807, 2.05) is 38.1 Å². The molecule has 0 bridgehead atoms. The minimum atomic E-state index is -0.250. The van der Waals surface area contributed by atoms with Crippen LogP contribution in [0.3, 0.4) is 0 Å². The standard InChI is InChI=1S/C23H24N4O2S/c1-15-11-16(2)13-19(12-15)27-21(29)20-5-4-8-25-23(20)30-22(26-14-17(3)28)18-6-9-24-10-7-18/h4-13,22,26H,14H2,1-3H3,(H,27,29). The van der Waals surface area contributed by atoms with Gasteiger partial charge in [-0.3, -0.25) is 19.9 Å². The summed E-state index contributed by atoms with van der Waals surface area (Å²) >= 11 is 1.39. The zero-order chi connectivity index (χ0) is 21.5. The summed E-state index contributed by atoms with van der Waals surface area (Å²) in [4.78, 5) is 33.0. The first-order valence-electron chi connectivity index (χ1n) is 9.56. The molecule has 0 aliphatic rings. The Balaban J connectivity index is 1.85. The molecule has 1 unspecified atom stereocenters. The first-order valence-corrected chi connectivity index (χ1v) is 10.4. The van der Waals surface area contributed by atoms with Crippen LogP contribution in [-0.4, -0.2) is 28.2 Å². The maximum Gasteiger partial charge on any atom is 0.258 e. The number of aryl methyl sites for hydroxylation is 2. The first kappa shape index (κ1) is 21.7. The average molecular weight is 421 g/mol. The molecular formula is C23H24N4O2S. The van der Waals surface area contributed by atoms with Crippen LogP contribution in [0.25, 0.3) is 0 Å². The van der Waals surface area contributed by atoms with E-state index in [0.717, 1.165) is 22.4 Å². The number of rotatable bonds is 8. The maximum atomic E-state index is 13.0. The lowest BCUT2D eigenvalue weighted by molar-refractivity contribution is -0.116. The second-order valence-electron chi connectivity index (χ2n) is 7.05. The van der Waals surface area contributed by atoms with E-state index >= 15 is 0 Å². The second kappa shape index (κ2) is 10.1. The number of amides is 1. The van der Waals surface area contributed by atoms with E-state index in [1.54, 1.807) is 30.7 Å². The number of carbonyl (C=O) groups is 2. The number of Topliss-reactive ketones (excluding diaryl/α,β-unsaturated/α-hetero) is 1. The van der Waals surface area contributed by atoms with Gasteiger partial charge >= 0.3 is 0 Å². The molecule has 0 radical (unpaired) electrons. The number of nitrogens with one attached hydrogen (secondary N) is 2. The van der Waals surface area contributed by atoms with Crippen molar-refractivity contribution in [3.05, 3.63) is 83.3 Å². The summed E-state index contributed by atoms with van der Waals surface area (Å²) in [6.45, 7) is 5.74. The van der Waals surface area contributed by atoms with Crippen LogP contribution in [0.2, 0.25) is 0 Å². The smallest absolute Gasteiger partial charge is 0.258 e. The fourth-order valence-corrected chi connectivity index (χ4v) is 4.11. The summed E-state index contributed by atoms with van der Waals surface area (Å²) in [5.41, 5.74) is 4.33. The van der Waals surface area contributed by atoms with Crippen molar-refractivity contribution in [2.75, 3.05) is 11.9 Å². The Hall–Kier alpha value is -3.03. The fraction of sp³-hybridized carbons (Fsp3) is 0.217. The molecule has 2 aromatic heterocycles. The van der Waals surface area contributed by atoms with E-state index in [4.69, 9.17) is 0 Å². The quantitative estimate of drug-likeness (QED) is 0.417. The van der Waals surface area contributed by atoms with Gasteiger partial charge in [0.15, 0.2) is 0 Å². The topological polar surface area (TPSA) is 84.0 Å². The Morgan fingerprint density at radius 2 is 1.73 bits per heavy atom. The van der Waals surface area contributed by atoms with Gasteiger partial charge in [0.2, 0.25) is 0 Å². The number of benzene rings is 1. The molecule has 0 aliphatic heterocycles. The molecule has 2 heterocycles. The van der Waals surface area contributed by atoms with Crippen molar-refractivity contribution in [1.82, 2.24) is 15.3 Å². The SMILES string of the molecule is CC(=O)CNC(Sc1ncccc1C(=O)Nc1cc(C)cc(C)c1)c1ccncc1. The van der Waals surface area contributed by atoms with Crippen LogP contribution in [0, 0.1) is 13.8 Å². The van der Waals surface area contributed by atoms with Crippen molar-refractivity contribution in [3.8, 4) is 0 Å². The lowest BCUT2D eigenvalue weighted by Gasteiger charge is -2.19. The minimum absolute atomic E-state index is 0.0310. The number of hydrogen-bond acceptors (Lipinski definition) is 6. The molecule has 0 saturated carbocycles. The highest BCUT2D eigenvalue weighted by molar-refractivity contribution is 7.99. The van der Waals surface area contributed by atoms with Gasteiger partial charge in [0.1, 0.15) is 10.8 Å². The molecule has 0 spiro atoms. The van der Waals surface area contributed by atoms with Crippen molar-refractivity contribution >= 4 is 29.1 Å². The third-order valence-corrected chi connectivity index (χ3v) is 5.49. The molecule has 1 atom stereocenters. The van der Waals surface area contributed by atoms with E-state index in [1.165, 1.54) is 18.7 Å². The molecule has 154 valence electrons. The molecule has 1 amide bonds. The summed E-state index contributed by atoms with van der Waals surface area (Å²) in [7, 11) is 0. The van der Waals surface area contributed by atoms with Crippen molar-refractivity contribution in [2.45, 2.75) is 31.2 Å². The number of carbonyl (C=O) groups excluding carboxylic acids is 2. The molecule has 1 aromatic carbocycles. The number of nitrogens with zero attached hydrogens (tertiary/aromatic N) is 2. The molecule has 3 aromatic rings. The third-order valence-electron chi connectivity index (χ3n) is 4.27. The predicted octanol–water partition coefficient (Wildman–Crippen LogP) is 4.32. The lowest BCUT2D eigenvalue weighted by atomic mass is 10.1. The maximum absolute atomic E-state index is 13.0. The van der Waals surface area contributed by atoms with Crippen LogP contribution in [-0.2, 0) is 4.79 Å². The number of anilines is 1. The minimum Gasteiger partial charge on any atom is -0.322 e. The molecule has 0 aliphatic carbocycles. The zero-order valence-electron chi connectivity index (χ0n) is 17.2. The van der Waals surface area contributed by atoms with Crippen LogP contribution in [0.5, 0.6) is 0 Å².